The van der Waals surface area contributed by atoms with E-state index in [4.69, 9.17) is 9.47 Å². The first-order valence-electron chi connectivity index (χ1n) is 10.6. The molecule has 1 aliphatic rings. The highest BCUT2D eigenvalue weighted by molar-refractivity contribution is 5.96. The molecule has 0 bridgehead atoms. The van der Waals surface area contributed by atoms with Crippen molar-refractivity contribution >= 4 is 10.9 Å². The Kier molecular flexibility index (Phi) is 4.78. The van der Waals surface area contributed by atoms with E-state index in [0.717, 1.165) is 28.1 Å². The van der Waals surface area contributed by atoms with Crippen LogP contribution in [0.15, 0.2) is 58.1 Å². The predicted octanol–water partition coefficient (Wildman–Crippen LogP) is 3.14. The fourth-order valence-corrected chi connectivity index (χ4v) is 4.71. The van der Waals surface area contributed by atoms with Gasteiger partial charge in [0.05, 0.1) is 36.0 Å². The number of rotatable bonds is 3. The van der Waals surface area contributed by atoms with Gasteiger partial charge in [0, 0.05) is 26.2 Å². The van der Waals surface area contributed by atoms with Gasteiger partial charge in [-0.05, 0) is 18.6 Å². The number of fused-ring (bicyclic) bond motifs is 3. The van der Waals surface area contributed by atoms with Crippen molar-refractivity contribution in [2.45, 2.75) is 19.6 Å². The summed E-state index contributed by atoms with van der Waals surface area (Å²) < 4.78 is 16.7. The van der Waals surface area contributed by atoms with E-state index >= 15 is 0 Å². The number of aryl methyl sites for hydroxylation is 2. The van der Waals surface area contributed by atoms with Gasteiger partial charge in [0.2, 0.25) is 0 Å². The van der Waals surface area contributed by atoms with Crippen LogP contribution in [-0.4, -0.2) is 27.4 Å². The number of methoxy groups -OCH3 is 1. The number of nitrogens with zero attached hydrogens (tertiary/aromatic N) is 3. The van der Waals surface area contributed by atoms with E-state index in [2.05, 4.69) is 4.57 Å². The van der Waals surface area contributed by atoms with Crippen LogP contribution in [0.5, 0.6) is 5.75 Å². The number of hydrogen-bond acceptors (Lipinski definition) is 4. The van der Waals surface area contributed by atoms with Crippen molar-refractivity contribution in [3.63, 3.8) is 0 Å². The Hall–Kier alpha value is -3.58. The van der Waals surface area contributed by atoms with Crippen LogP contribution in [0.1, 0.15) is 22.9 Å². The third kappa shape index (κ3) is 2.85. The van der Waals surface area contributed by atoms with Crippen LogP contribution in [0.3, 0.4) is 0 Å². The SMILES string of the molecule is COc1ccccc1C1OCCn2c(-c3ccc(C)cc3)c3c(=O)n(C)c(=O)n(C)c3c21. The minimum Gasteiger partial charge on any atom is -0.496 e. The molecule has 0 radical (unpaired) electrons. The second kappa shape index (κ2) is 7.53. The molecule has 2 aromatic heterocycles. The van der Waals surface area contributed by atoms with Crippen molar-refractivity contribution < 1.29 is 9.47 Å². The molecule has 0 fully saturated rings. The minimum absolute atomic E-state index is 0.306. The molecule has 164 valence electrons. The van der Waals surface area contributed by atoms with E-state index < -0.39 is 6.10 Å². The lowest BCUT2D eigenvalue weighted by Crippen LogP contribution is -2.37. The lowest BCUT2D eigenvalue weighted by Gasteiger charge is -2.28. The molecule has 7 heteroatoms. The van der Waals surface area contributed by atoms with E-state index in [0.29, 0.717) is 29.8 Å². The Morgan fingerprint density at radius 3 is 2.44 bits per heavy atom. The van der Waals surface area contributed by atoms with E-state index in [-0.39, 0.29) is 11.2 Å². The number of aromatic nitrogens is 3. The molecular formula is C25H25N3O4. The number of hydrogen-bond donors (Lipinski definition) is 0. The second-order valence-corrected chi connectivity index (χ2v) is 8.17. The molecule has 0 amide bonds. The largest absolute Gasteiger partial charge is 0.496 e. The molecule has 2 aromatic carbocycles. The topological polar surface area (TPSA) is 67.4 Å². The van der Waals surface area contributed by atoms with E-state index in [1.54, 1.807) is 18.7 Å². The van der Waals surface area contributed by atoms with Crippen molar-refractivity contribution in [1.82, 2.24) is 13.7 Å². The van der Waals surface area contributed by atoms with Crippen molar-refractivity contribution in [2.75, 3.05) is 13.7 Å². The standard InChI is InChI=1S/C25H25N3O4/c1-15-9-11-16(12-10-15)20-19-21(26(2)25(30)27(3)24(19)29)22-23(32-14-13-28(20)22)17-7-5-6-8-18(17)31-4/h5-12,23H,13-14H2,1-4H3. The summed E-state index contributed by atoms with van der Waals surface area (Å²) in [4.78, 5) is 26.3. The van der Waals surface area contributed by atoms with Crippen molar-refractivity contribution in [2.24, 2.45) is 14.1 Å². The van der Waals surface area contributed by atoms with Crippen LogP contribution in [0.25, 0.3) is 22.2 Å². The highest BCUT2D eigenvalue weighted by Gasteiger charge is 2.34. The zero-order valence-electron chi connectivity index (χ0n) is 18.6. The normalized spacial score (nSPS) is 15.7. The third-order valence-electron chi connectivity index (χ3n) is 6.30. The summed E-state index contributed by atoms with van der Waals surface area (Å²) in [5.74, 6) is 0.700. The summed E-state index contributed by atoms with van der Waals surface area (Å²) in [7, 11) is 4.85. The zero-order chi connectivity index (χ0) is 22.6. The molecular weight excluding hydrogens is 406 g/mol. The first-order valence-corrected chi connectivity index (χ1v) is 10.6. The minimum atomic E-state index is -0.473. The van der Waals surface area contributed by atoms with E-state index in [1.807, 2.05) is 55.5 Å². The van der Waals surface area contributed by atoms with Gasteiger partial charge in [-0.3, -0.25) is 13.9 Å². The Morgan fingerprint density at radius 2 is 1.72 bits per heavy atom. The molecule has 3 heterocycles. The Bertz CT molecular complexity index is 1460. The van der Waals surface area contributed by atoms with Gasteiger partial charge < -0.3 is 14.0 Å². The molecule has 0 N–H and O–H groups in total. The quantitative estimate of drug-likeness (QED) is 0.500. The maximum atomic E-state index is 13.4. The Balaban J connectivity index is 1.94. The summed E-state index contributed by atoms with van der Waals surface area (Å²) in [6, 6.07) is 15.8. The monoisotopic (exact) mass is 431 g/mol. The molecule has 4 aromatic rings. The van der Waals surface area contributed by atoms with Gasteiger partial charge in [-0.15, -0.1) is 0 Å². The van der Waals surface area contributed by atoms with Gasteiger partial charge in [-0.1, -0.05) is 48.0 Å². The van der Waals surface area contributed by atoms with Crippen molar-refractivity contribution in [3.05, 3.63) is 86.2 Å². The van der Waals surface area contributed by atoms with Gasteiger partial charge in [-0.25, -0.2) is 4.79 Å². The first-order chi connectivity index (χ1) is 15.4. The van der Waals surface area contributed by atoms with Gasteiger partial charge in [0.1, 0.15) is 11.9 Å². The molecule has 0 saturated carbocycles. The Labute approximate surface area is 185 Å². The molecule has 7 nitrogen and oxygen atoms in total. The third-order valence-corrected chi connectivity index (χ3v) is 6.30. The van der Waals surface area contributed by atoms with Crippen LogP contribution in [-0.2, 0) is 25.4 Å². The van der Waals surface area contributed by atoms with Crippen LogP contribution >= 0.6 is 0 Å². The van der Waals surface area contributed by atoms with Crippen molar-refractivity contribution in [3.8, 4) is 17.0 Å². The molecule has 1 unspecified atom stereocenters. The maximum Gasteiger partial charge on any atom is 0.331 e. The molecule has 32 heavy (non-hydrogen) atoms. The van der Waals surface area contributed by atoms with Crippen LogP contribution < -0.4 is 16.0 Å². The smallest absolute Gasteiger partial charge is 0.331 e. The molecule has 0 saturated heterocycles. The maximum absolute atomic E-state index is 13.4. The molecule has 1 atom stereocenters. The number of ether oxygens (including phenoxy) is 2. The van der Waals surface area contributed by atoms with Gasteiger partial charge in [-0.2, -0.15) is 0 Å². The van der Waals surface area contributed by atoms with Crippen LogP contribution in [0.2, 0.25) is 0 Å². The van der Waals surface area contributed by atoms with Crippen LogP contribution in [0.4, 0.5) is 0 Å². The molecule has 1 aliphatic heterocycles. The summed E-state index contributed by atoms with van der Waals surface area (Å²) in [6.07, 6.45) is -0.473. The van der Waals surface area contributed by atoms with Gasteiger partial charge in [0.15, 0.2) is 0 Å². The lowest BCUT2D eigenvalue weighted by molar-refractivity contribution is 0.0464. The second-order valence-electron chi connectivity index (χ2n) is 8.17. The van der Waals surface area contributed by atoms with E-state index in [1.165, 1.54) is 11.6 Å². The number of para-hydroxylation sites is 1. The predicted molar refractivity (Wildman–Crippen MR) is 123 cm³/mol. The first kappa shape index (κ1) is 20.3. The highest BCUT2D eigenvalue weighted by Crippen LogP contribution is 2.42. The molecule has 0 spiro atoms. The van der Waals surface area contributed by atoms with Crippen molar-refractivity contribution in [1.29, 1.82) is 0 Å². The van der Waals surface area contributed by atoms with Gasteiger partial charge in [0.25, 0.3) is 5.56 Å². The van der Waals surface area contributed by atoms with E-state index in [9.17, 15) is 9.59 Å². The average Bonchev–Trinajstić information content (AvgIpc) is 3.17. The Morgan fingerprint density at radius 1 is 1.00 bits per heavy atom. The fourth-order valence-electron chi connectivity index (χ4n) is 4.71. The summed E-state index contributed by atoms with van der Waals surface area (Å²) in [5, 5.41) is 0.527. The van der Waals surface area contributed by atoms with Crippen LogP contribution in [0, 0.1) is 6.92 Å². The highest BCUT2D eigenvalue weighted by atomic mass is 16.5. The number of benzene rings is 2. The summed E-state index contributed by atoms with van der Waals surface area (Å²) >= 11 is 0. The summed E-state index contributed by atoms with van der Waals surface area (Å²) in [5.41, 5.74) is 4.47. The summed E-state index contributed by atoms with van der Waals surface area (Å²) in [6.45, 7) is 3.09. The zero-order valence-corrected chi connectivity index (χ0v) is 18.6. The molecule has 5 rings (SSSR count). The van der Waals surface area contributed by atoms with Gasteiger partial charge >= 0.3 is 5.69 Å². The average molecular weight is 431 g/mol. The fraction of sp³-hybridized carbons (Fsp3) is 0.280. The molecule has 0 aliphatic carbocycles. The lowest BCUT2D eigenvalue weighted by atomic mass is 10.0.